The molecule has 0 radical (unpaired) electrons. The molecular formula is C23H25N3O2. The van der Waals surface area contributed by atoms with E-state index in [4.69, 9.17) is 14.6 Å². The first kappa shape index (κ1) is 17.3. The van der Waals surface area contributed by atoms with Crippen molar-refractivity contribution in [1.29, 1.82) is 0 Å². The third-order valence-electron chi connectivity index (χ3n) is 5.94. The molecule has 0 saturated heterocycles. The average molecular weight is 375 g/mol. The summed E-state index contributed by atoms with van der Waals surface area (Å²) in [6.07, 6.45) is 5.39. The fourth-order valence-corrected chi connectivity index (χ4v) is 4.21. The average Bonchev–Trinajstić information content (AvgIpc) is 3.36. The highest BCUT2D eigenvalue weighted by Gasteiger charge is 2.25. The molecule has 5 heteroatoms. The Morgan fingerprint density at radius 1 is 1.14 bits per heavy atom. The molecule has 0 spiro atoms. The summed E-state index contributed by atoms with van der Waals surface area (Å²) >= 11 is 0. The Morgan fingerprint density at radius 3 is 2.96 bits per heavy atom. The fourth-order valence-electron chi connectivity index (χ4n) is 4.21. The van der Waals surface area contributed by atoms with Gasteiger partial charge in [0.2, 0.25) is 6.79 Å². The van der Waals surface area contributed by atoms with Gasteiger partial charge in [-0.3, -0.25) is 0 Å². The van der Waals surface area contributed by atoms with Crippen LogP contribution in [0.3, 0.4) is 0 Å². The van der Waals surface area contributed by atoms with Gasteiger partial charge in [-0.25, -0.2) is 4.68 Å². The molecule has 1 N–H and O–H groups in total. The Hall–Kier alpha value is -2.79. The largest absolute Gasteiger partial charge is 0.454 e. The summed E-state index contributed by atoms with van der Waals surface area (Å²) in [6.45, 7) is 5.37. The number of nitrogens with zero attached hydrogens (tertiary/aromatic N) is 2. The fraction of sp³-hybridized carbons (Fsp3) is 0.348. The zero-order valence-corrected chi connectivity index (χ0v) is 16.4. The number of rotatable bonds is 4. The molecule has 0 amide bonds. The minimum atomic E-state index is 0.308. The van der Waals surface area contributed by atoms with Gasteiger partial charge in [0, 0.05) is 29.4 Å². The number of hydrogen-bond donors (Lipinski definition) is 1. The summed E-state index contributed by atoms with van der Waals surface area (Å²) in [5.41, 5.74) is 7.54. The quantitative estimate of drug-likeness (QED) is 0.735. The summed E-state index contributed by atoms with van der Waals surface area (Å²) in [5.74, 6) is 1.71. The number of aryl methyl sites for hydroxylation is 2. The molecule has 3 aromatic rings. The molecule has 2 aromatic carbocycles. The first-order valence-corrected chi connectivity index (χ1v) is 9.96. The van der Waals surface area contributed by atoms with Crippen LogP contribution in [-0.4, -0.2) is 16.6 Å². The highest BCUT2D eigenvalue weighted by atomic mass is 16.7. The van der Waals surface area contributed by atoms with Crippen LogP contribution in [0.1, 0.15) is 46.8 Å². The number of ether oxygens (including phenoxy) is 2. The predicted molar refractivity (Wildman–Crippen MR) is 108 cm³/mol. The van der Waals surface area contributed by atoms with Gasteiger partial charge >= 0.3 is 0 Å². The second kappa shape index (κ2) is 6.99. The summed E-state index contributed by atoms with van der Waals surface area (Å²) < 4.78 is 13.3. The van der Waals surface area contributed by atoms with Crippen LogP contribution in [-0.2, 0) is 13.0 Å². The zero-order chi connectivity index (χ0) is 19.1. The maximum atomic E-state index is 5.64. The van der Waals surface area contributed by atoms with E-state index in [1.165, 1.54) is 22.4 Å². The number of para-hydroxylation sites is 1. The maximum Gasteiger partial charge on any atom is 0.231 e. The minimum absolute atomic E-state index is 0.308. The number of aromatic nitrogens is 2. The lowest BCUT2D eigenvalue weighted by atomic mass is 9.92. The molecule has 5 rings (SSSR count). The van der Waals surface area contributed by atoms with Gasteiger partial charge in [-0.15, -0.1) is 0 Å². The Balaban J connectivity index is 1.39. The van der Waals surface area contributed by atoms with Crippen LogP contribution in [0, 0.1) is 13.8 Å². The van der Waals surface area contributed by atoms with E-state index in [-0.39, 0.29) is 0 Å². The van der Waals surface area contributed by atoms with Gasteiger partial charge in [0.1, 0.15) is 0 Å². The van der Waals surface area contributed by atoms with Crippen LogP contribution < -0.4 is 14.8 Å². The van der Waals surface area contributed by atoms with Crippen LogP contribution in [0.2, 0.25) is 0 Å². The van der Waals surface area contributed by atoms with Gasteiger partial charge in [-0.1, -0.05) is 18.2 Å². The molecule has 1 aliphatic heterocycles. The van der Waals surface area contributed by atoms with Crippen LogP contribution in [0.15, 0.2) is 42.6 Å². The topological polar surface area (TPSA) is 48.3 Å². The van der Waals surface area contributed by atoms with Crippen molar-refractivity contribution in [3.05, 3.63) is 70.5 Å². The third-order valence-corrected chi connectivity index (χ3v) is 5.94. The molecule has 2 heterocycles. The van der Waals surface area contributed by atoms with Crippen molar-refractivity contribution in [3.8, 4) is 17.2 Å². The van der Waals surface area contributed by atoms with Gasteiger partial charge < -0.3 is 14.8 Å². The Morgan fingerprint density at radius 2 is 2.07 bits per heavy atom. The van der Waals surface area contributed by atoms with E-state index in [2.05, 4.69) is 48.1 Å². The molecule has 2 aliphatic rings. The SMILES string of the molecule is Cc1ccc(-n2ncc3c2CCC[C@H]3NCc2cccc3c2OCO3)cc1C. The number of nitrogens with one attached hydrogen (secondary N) is 1. The second-order valence-corrected chi connectivity index (χ2v) is 7.70. The molecule has 0 unspecified atom stereocenters. The first-order valence-electron chi connectivity index (χ1n) is 9.96. The summed E-state index contributed by atoms with van der Waals surface area (Å²) in [7, 11) is 0. The summed E-state index contributed by atoms with van der Waals surface area (Å²) in [5, 5.41) is 8.45. The lowest BCUT2D eigenvalue weighted by molar-refractivity contribution is 0.173. The van der Waals surface area contributed by atoms with Gasteiger partial charge in [-0.2, -0.15) is 5.10 Å². The van der Waals surface area contributed by atoms with Crippen molar-refractivity contribution >= 4 is 0 Å². The van der Waals surface area contributed by atoms with E-state index in [0.717, 1.165) is 48.6 Å². The van der Waals surface area contributed by atoms with Crippen molar-refractivity contribution in [2.75, 3.05) is 6.79 Å². The molecule has 1 atom stereocenters. The van der Waals surface area contributed by atoms with E-state index < -0.39 is 0 Å². The van der Waals surface area contributed by atoms with Crippen LogP contribution >= 0.6 is 0 Å². The first-order chi connectivity index (χ1) is 13.7. The van der Waals surface area contributed by atoms with E-state index in [0.29, 0.717) is 12.8 Å². The molecule has 0 bridgehead atoms. The van der Waals surface area contributed by atoms with Crippen molar-refractivity contribution in [3.63, 3.8) is 0 Å². The van der Waals surface area contributed by atoms with Gasteiger partial charge in [-0.05, 0) is 62.4 Å². The third kappa shape index (κ3) is 2.96. The molecule has 0 saturated carbocycles. The highest BCUT2D eigenvalue weighted by molar-refractivity contribution is 5.48. The Labute approximate surface area is 165 Å². The summed E-state index contributed by atoms with van der Waals surface area (Å²) in [4.78, 5) is 0. The van der Waals surface area contributed by atoms with Crippen molar-refractivity contribution in [2.24, 2.45) is 0 Å². The minimum Gasteiger partial charge on any atom is -0.454 e. The Bertz CT molecular complexity index is 1020. The van der Waals surface area contributed by atoms with Gasteiger partial charge in [0.15, 0.2) is 11.5 Å². The lowest BCUT2D eigenvalue weighted by Gasteiger charge is -2.24. The van der Waals surface area contributed by atoms with E-state index in [1.54, 1.807) is 0 Å². The number of fused-ring (bicyclic) bond motifs is 2. The molecular weight excluding hydrogens is 350 g/mol. The smallest absolute Gasteiger partial charge is 0.231 e. The summed E-state index contributed by atoms with van der Waals surface area (Å²) in [6, 6.07) is 13.0. The van der Waals surface area contributed by atoms with E-state index in [9.17, 15) is 0 Å². The predicted octanol–water partition coefficient (Wildman–Crippen LogP) is 4.39. The molecule has 144 valence electrons. The molecule has 0 fully saturated rings. The Kier molecular flexibility index (Phi) is 4.32. The number of hydrogen-bond acceptors (Lipinski definition) is 4. The number of benzene rings is 2. The van der Waals surface area contributed by atoms with Crippen LogP contribution in [0.5, 0.6) is 11.5 Å². The maximum absolute atomic E-state index is 5.64. The molecule has 1 aliphatic carbocycles. The molecule has 1 aromatic heterocycles. The zero-order valence-electron chi connectivity index (χ0n) is 16.4. The van der Waals surface area contributed by atoms with Crippen molar-refractivity contribution in [1.82, 2.24) is 15.1 Å². The van der Waals surface area contributed by atoms with Crippen LogP contribution in [0.4, 0.5) is 0 Å². The second-order valence-electron chi connectivity index (χ2n) is 7.70. The van der Waals surface area contributed by atoms with E-state index >= 15 is 0 Å². The monoisotopic (exact) mass is 375 g/mol. The molecule has 5 nitrogen and oxygen atoms in total. The van der Waals surface area contributed by atoms with Crippen LogP contribution in [0.25, 0.3) is 5.69 Å². The van der Waals surface area contributed by atoms with Gasteiger partial charge in [0.25, 0.3) is 0 Å². The van der Waals surface area contributed by atoms with Crippen molar-refractivity contribution < 1.29 is 9.47 Å². The molecule has 28 heavy (non-hydrogen) atoms. The normalized spacial score (nSPS) is 17.6. The lowest BCUT2D eigenvalue weighted by Crippen LogP contribution is -2.25. The standard InChI is InChI=1S/C23H25N3O2/c1-15-9-10-18(11-16(15)2)26-21-7-4-6-20(19(21)13-25-26)24-12-17-5-3-8-22-23(17)28-14-27-22/h3,5,8-11,13,20,24H,4,6-7,12,14H2,1-2H3/t20-/m1/s1. The van der Waals surface area contributed by atoms with Crippen molar-refractivity contribution in [2.45, 2.75) is 45.7 Å². The highest BCUT2D eigenvalue weighted by Crippen LogP contribution is 2.36. The van der Waals surface area contributed by atoms with Gasteiger partial charge in [0.05, 0.1) is 11.9 Å². The van der Waals surface area contributed by atoms with E-state index in [1.807, 2.05) is 18.3 Å².